The average Bonchev–Trinajstić information content (AvgIpc) is 2.48. The highest BCUT2D eigenvalue weighted by Crippen LogP contribution is 2.27. The van der Waals surface area contributed by atoms with E-state index in [1.54, 1.807) is 12.1 Å². The Kier molecular flexibility index (Phi) is 5.70. The molecule has 3 nitrogen and oxygen atoms in total. The quantitative estimate of drug-likeness (QED) is 0.833. The lowest BCUT2D eigenvalue weighted by atomic mass is 10.2. The van der Waals surface area contributed by atoms with Crippen LogP contribution in [0, 0.1) is 5.82 Å². The minimum absolute atomic E-state index is 0.166. The zero-order valence-corrected chi connectivity index (χ0v) is 13.7. The lowest BCUT2D eigenvalue weighted by Gasteiger charge is -2.10. The summed E-state index contributed by atoms with van der Waals surface area (Å²) < 4.78 is 20.1. The molecule has 0 aliphatic carbocycles. The molecule has 0 aliphatic heterocycles. The van der Waals surface area contributed by atoms with Crippen molar-refractivity contribution >= 4 is 15.9 Å². The molecule has 1 aromatic carbocycles. The molecule has 1 aromatic heterocycles. The van der Waals surface area contributed by atoms with Gasteiger partial charge in [-0.25, -0.2) is 9.37 Å². The number of benzene rings is 1. The van der Waals surface area contributed by atoms with E-state index in [0.717, 1.165) is 35.2 Å². The van der Waals surface area contributed by atoms with E-state index in [-0.39, 0.29) is 5.75 Å². The molecule has 2 aromatic rings. The van der Waals surface area contributed by atoms with Crippen molar-refractivity contribution < 1.29 is 9.13 Å². The Morgan fingerprint density at radius 2 is 2.05 bits per heavy atom. The van der Waals surface area contributed by atoms with Crippen molar-refractivity contribution in [1.82, 2.24) is 10.3 Å². The minimum Gasteiger partial charge on any atom is -0.436 e. The first-order valence-electron chi connectivity index (χ1n) is 6.95. The van der Waals surface area contributed by atoms with E-state index in [1.165, 1.54) is 6.07 Å². The zero-order chi connectivity index (χ0) is 15.2. The van der Waals surface area contributed by atoms with E-state index in [2.05, 4.69) is 33.2 Å². The first-order valence-corrected chi connectivity index (χ1v) is 7.75. The monoisotopic (exact) mass is 352 g/mol. The Bertz CT molecular complexity index is 619. The van der Waals surface area contributed by atoms with E-state index in [4.69, 9.17) is 4.74 Å². The SMILES string of the molecule is CCNCc1cc(CC)nc(Oc2cc(Br)ccc2F)c1. The zero-order valence-electron chi connectivity index (χ0n) is 12.1. The normalized spacial score (nSPS) is 10.7. The molecule has 0 spiro atoms. The summed E-state index contributed by atoms with van der Waals surface area (Å²) in [6.07, 6.45) is 0.803. The van der Waals surface area contributed by atoms with Gasteiger partial charge in [0.15, 0.2) is 11.6 Å². The van der Waals surface area contributed by atoms with Crippen LogP contribution < -0.4 is 10.1 Å². The molecule has 1 heterocycles. The third-order valence-electron chi connectivity index (χ3n) is 2.96. The first-order chi connectivity index (χ1) is 10.1. The molecule has 1 N–H and O–H groups in total. The van der Waals surface area contributed by atoms with Crippen LogP contribution in [0.1, 0.15) is 25.1 Å². The Hall–Kier alpha value is -1.46. The maximum atomic E-state index is 13.8. The van der Waals surface area contributed by atoms with Crippen LogP contribution in [0.4, 0.5) is 4.39 Å². The van der Waals surface area contributed by atoms with Crippen LogP contribution in [-0.4, -0.2) is 11.5 Å². The summed E-state index contributed by atoms with van der Waals surface area (Å²) in [6, 6.07) is 8.46. The van der Waals surface area contributed by atoms with Gasteiger partial charge in [0.2, 0.25) is 5.88 Å². The largest absolute Gasteiger partial charge is 0.436 e. The predicted octanol–water partition coefficient (Wildman–Crippen LogP) is 4.45. The number of rotatable bonds is 6. The van der Waals surface area contributed by atoms with Gasteiger partial charge in [-0.1, -0.05) is 29.8 Å². The molecule has 21 heavy (non-hydrogen) atoms. The van der Waals surface area contributed by atoms with E-state index in [9.17, 15) is 4.39 Å². The molecule has 0 radical (unpaired) electrons. The number of aryl methyl sites for hydroxylation is 1. The number of hydrogen-bond donors (Lipinski definition) is 1. The number of aromatic nitrogens is 1. The number of hydrogen-bond acceptors (Lipinski definition) is 3. The fourth-order valence-corrected chi connectivity index (χ4v) is 2.23. The lowest BCUT2D eigenvalue weighted by Crippen LogP contribution is -2.12. The highest BCUT2D eigenvalue weighted by Gasteiger charge is 2.08. The van der Waals surface area contributed by atoms with Crippen molar-refractivity contribution in [2.45, 2.75) is 26.8 Å². The summed E-state index contributed by atoms with van der Waals surface area (Å²) in [7, 11) is 0. The van der Waals surface area contributed by atoms with Crippen LogP contribution in [0.3, 0.4) is 0 Å². The van der Waals surface area contributed by atoms with Crippen molar-refractivity contribution in [2.75, 3.05) is 6.54 Å². The molecule has 0 aliphatic rings. The highest BCUT2D eigenvalue weighted by atomic mass is 79.9. The molecule has 112 valence electrons. The van der Waals surface area contributed by atoms with Gasteiger partial charge in [-0.15, -0.1) is 0 Å². The molecule has 0 saturated heterocycles. The molecule has 0 unspecified atom stereocenters. The van der Waals surface area contributed by atoms with Gasteiger partial charge in [0.05, 0.1) is 0 Å². The Labute approximate surface area is 132 Å². The molecule has 2 rings (SSSR count). The second-order valence-corrected chi connectivity index (χ2v) is 5.53. The van der Waals surface area contributed by atoms with Crippen LogP contribution in [0.15, 0.2) is 34.8 Å². The number of nitrogens with zero attached hydrogens (tertiary/aromatic N) is 1. The molecule has 0 bridgehead atoms. The fourth-order valence-electron chi connectivity index (χ4n) is 1.89. The van der Waals surface area contributed by atoms with Crippen molar-refractivity contribution in [3.05, 3.63) is 51.9 Å². The van der Waals surface area contributed by atoms with E-state index < -0.39 is 5.82 Å². The van der Waals surface area contributed by atoms with Crippen molar-refractivity contribution in [2.24, 2.45) is 0 Å². The Balaban J connectivity index is 2.27. The highest BCUT2D eigenvalue weighted by molar-refractivity contribution is 9.10. The molecular formula is C16H18BrFN2O. The van der Waals surface area contributed by atoms with Gasteiger partial charge in [0.1, 0.15) is 0 Å². The number of ether oxygens (including phenoxy) is 1. The molecule has 0 saturated carbocycles. The Morgan fingerprint density at radius 3 is 2.76 bits per heavy atom. The molecular weight excluding hydrogens is 335 g/mol. The summed E-state index contributed by atoms with van der Waals surface area (Å²) >= 11 is 3.31. The first kappa shape index (κ1) is 15.9. The molecule has 0 fully saturated rings. The summed E-state index contributed by atoms with van der Waals surface area (Å²) in [5, 5.41) is 3.26. The minimum atomic E-state index is -0.407. The van der Waals surface area contributed by atoms with Crippen LogP contribution in [0.2, 0.25) is 0 Å². The molecule has 5 heteroatoms. The number of nitrogens with one attached hydrogen (secondary N) is 1. The van der Waals surface area contributed by atoms with Crippen LogP contribution >= 0.6 is 15.9 Å². The average molecular weight is 353 g/mol. The van der Waals surface area contributed by atoms with Gasteiger partial charge >= 0.3 is 0 Å². The summed E-state index contributed by atoms with van der Waals surface area (Å²) in [5.74, 6) is 0.175. The second kappa shape index (κ2) is 7.52. The van der Waals surface area contributed by atoms with Gasteiger partial charge in [-0.2, -0.15) is 0 Å². The van der Waals surface area contributed by atoms with Crippen LogP contribution in [0.25, 0.3) is 0 Å². The summed E-state index contributed by atoms with van der Waals surface area (Å²) in [5.41, 5.74) is 2.00. The third kappa shape index (κ3) is 4.51. The fraction of sp³-hybridized carbons (Fsp3) is 0.312. The van der Waals surface area contributed by atoms with Crippen molar-refractivity contribution in [3.63, 3.8) is 0 Å². The predicted molar refractivity (Wildman–Crippen MR) is 85.2 cm³/mol. The smallest absolute Gasteiger partial charge is 0.219 e. The van der Waals surface area contributed by atoms with E-state index in [0.29, 0.717) is 5.88 Å². The maximum Gasteiger partial charge on any atom is 0.219 e. The summed E-state index contributed by atoms with van der Waals surface area (Å²) in [6.45, 7) is 5.71. The molecule has 0 atom stereocenters. The van der Waals surface area contributed by atoms with Crippen molar-refractivity contribution in [1.29, 1.82) is 0 Å². The topological polar surface area (TPSA) is 34.2 Å². The van der Waals surface area contributed by atoms with Gasteiger partial charge in [-0.05, 0) is 42.8 Å². The lowest BCUT2D eigenvalue weighted by molar-refractivity contribution is 0.425. The van der Waals surface area contributed by atoms with Crippen LogP contribution in [-0.2, 0) is 13.0 Å². The Morgan fingerprint density at radius 1 is 1.24 bits per heavy atom. The van der Waals surface area contributed by atoms with Gasteiger partial charge < -0.3 is 10.1 Å². The van der Waals surface area contributed by atoms with E-state index in [1.807, 2.05) is 19.1 Å². The maximum absolute atomic E-state index is 13.8. The molecule has 0 amide bonds. The number of halogens is 2. The van der Waals surface area contributed by atoms with Crippen molar-refractivity contribution in [3.8, 4) is 11.6 Å². The third-order valence-corrected chi connectivity index (χ3v) is 3.46. The second-order valence-electron chi connectivity index (χ2n) is 4.62. The number of pyridine rings is 1. The van der Waals surface area contributed by atoms with Gasteiger partial charge in [0.25, 0.3) is 0 Å². The van der Waals surface area contributed by atoms with E-state index >= 15 is 0 Å². The van der Waals surface area contributed by atoms with Gasteiger partial charge in [0, 0.05) is 22.8 Å². The summed E-state index contributed by atoms with van der Waals surface area (Å²) in [4.78, 5) is 4.39. The van der Waals surface area contributed by atoms with Crippen LogP contribution in [0.5, 0.6) is 11.6 Å². The van der Waals surface area contributed by atoms with Gasteiger partial charge in [-0.3, -0.25) is 0 Å². The standard InChI is InChI=1S/C16H18BrFN2O/c1-3-13-7-11(10-19-4-2)8-16(20-13)21-15-9-12(17)5-6-14(15)18/h5-9,19H,3-4,10H2,1-2H3.